The highest BCUT2D eigenvalue weighted by Crippen LogP contribution is 2.23. The summed E-state index contributed by atoms with van der Waals surface area (Å²) in [7, 11) is 2.07. The lowest BCUT2D eigenvalue weighted by molar-refractivity contribution is 0.194. The fourth-order valence-electron chi connectivity index (χ4n) is 2.82. The van der Waals surface area contributed by atoms with Crippen LogP contribution < -0.4 is 5.32 Å². The molecule has 0 atom stereocenters. The van der Waals surface area contributed by atoms with Gasteiger partial charge in [-0.15, -0.1) is 23.7 Å². The predicted octanol–water partition coefficient (Wildman–Crippen LogP) is 3.21. The van der Waals surface area contributed by atoms with Gasteiger partial charge in [-0.25, -0.2) is 4.98 Å². The summed E-state index contributed by atoms with van der Waals surface area (Å²) in [6, 6.07) is 7.41. The third kappa shape index (κ3) is 3.50. The molecule has 1 aliphatic heterocycles. The van der Waals surface area contributed by atoms with Crippen LogP contribution in [-0.4, -0.2) is 36.1 Å². The van der Waals surface area contributed by atoms with Gasteiger partial charge in [-0.1, -0.05) is 6.07 Å². The third-order valence-electron chi connectivity index (χ3n) is 3.96. The Hall–Kier alpha value is -0.680. The third-order valence-corrected chi connectivity index (χ3v) is 4.90. The molecule has 5 heteroatoms. The maximum absolute atomic E-state index is 4.52. The molecule has 0 saturated carbocycles. The van der Waals surface area contributed by atoms with E-state index in [1.165, 1.54) is 36.2 Å². The van der Waals surface area contributed by atoms with Crippen LogP contribution in [0.5, 0.6) is 0 Å². The number of aryl methyl sites for hydroxylation is 1. The second-order valence-electron chi connectivity index (χ2n) is 5.37. The Morgan fingerprint density at radius 1 is 1.35 bits per heavy atom. The molecule has 2 aromatic rings. The minimum Gasteiger partial charge on any atom is -0.317 e. The predicted molar refractivity (Wildman–Crippen MR) is 89.0 cm³/mol. The second-order valence-corrected chi connectivity index (χ2v) is 6.61. The first-order valence-corrected chi connectivity index (χ1v) is 7.82. The maximum Gasteiger partial charge on any atom is 0.0907 e. The quantitative estimate of drug-likeness (QED) is 0.943. The molecule has 3 nitrogen and oxygen atoms in total. The number of nitrogens with one attached hydrogen (secondary N) is 1. The van der Waals surface area contributed by atoms with Crippen LogP contribution in [0.1, 0.15) is 23.4 Å². The summed E-state index contributed by atoms with van der Waals surface area (Å²) in [5, 5.41) is 4.54. The van der Waals surface area contributed by atoms with Crippen LogP contribution in [-0.2, 0) is 6.54 Å². The number of likely N-dealkylation sites (tertiary alicyclic amines) is 1. The molecule has 0 amide bonds. The number of thiazole rings is 1. The van der Waals surface area contributed by atoms with Gasteiger partial charge in [0, 0.05) is 12.6 Å². The normalized spacial score (nSPS) is 17.3. The van der Waals surface area contributed by atoms with E-state index >= 15 is 0 Å². The molecule has 2 heterocycles. The molecule has 0 radical (unpaired) electrons. The summed E-state index contributed by atoms with van der Waals surface area (Å²) in [6.07, 6.45) is 2.52. The Labute approximate surface area is 130 Å². The topological polar surface area (TPSA) is 28.2 Å². The van der Waals surface area contributed by atoms with E-state index in [-0.39, 0.29) is 12.4 Å². The second kappa shape index (κ2) is 6.85. The van der Waals surface area contributed by atoms with Gasteiger partial charge >= 0.3 is 0 Å². The largest absolute Gasteiger partial charge is 0.317 e. The summed E-state index contributed by atoms with van der Waals surface area (Å²) in [5.41, 5.74) is 2.55. The van der Waals surface area contributed by atoms with Crippen molar-refractivity contribution in [2.24, 2.45) is 0 Å². The molecular weight excluding hydrogens is 290 g/mol. The van der Waals surface area contributed by atoms with Gasteiger partial charge in [0.15, 0.2) is 0 Å². The zero-order valence-electron chi connectivity index (χ0n) is 12.1. The van der Waals surface area contributed by atoms with Crippen molar-refractivity contribution in [1.82, 2.24) is 15.2 Å². The van der Waals surface area contributed by atoms with Gasteiger partial charge in [0.1, 0.15) is 0 Å². The number of fused-ring (bicyclic) bond motifs is 1. The Balaban J connectivity index is 0.00000147. The van der Waals surface area contributed by atoms with E-state index in [2.05, 4.69) is 47.4 Å². The number of piperidine rings is 1. The molecule has 20 heavy (non-hydrogen) atoms. The Morgan fingerprint density at radius 3 is 2.80 bits per heavy atom. The van der Waals surface area contributed by atoms with Crippen molar-refractivity contribution in [3.63, 3.8) is 0 Å². The van der Waals surface area contributed by atoms with E-state index in [0.29, 0.717) is 6.04 Å². The van der Waals surface area contributed by atoms with Crippen LogP contribution in [0.3, 0.4) is 0 Å². The fraction of sp³-hybridized carbons (Fsp3) is 0.533. The maximum atomic E-state index is 4.52. The van der Waals surface area contributed by atoms with Crippen LogP contribution in [0.4, 0.5) is 0 Å². The van der Waals surface area contributed by atoms with Gasteiger partial charge in [0.2, 0.25) is 0 Å². The smallest absolute Gasteiger partial charge is 0.0907 e. The lowest BCUT2D eigenvalue weighted by Crippen LogP contribution is -2.40. The van der Waals surface area contributed by atoms with Crippen LogP contribution in [0, 0.1) is 6.92 Å². The van der Waals surface area contributed by atoms with Gasteiger partial charge in [-0.2, -0.15) is 0 Å². The number of aromatic nitrogens is 1. The molecule has 0 unspecified atom stereocenters. The SMILES string of the molecule is CNC1CCN(Cc2ccc3nc(C)sc3c2)CC1.Cl. The molecule has 1 fully saturated rings. The van der Waals surface area contributed by atoms with Gasteiger partial charge in [0.05, 0.1) is 15.2 Å². The zero-order valence-corrected chi connectivity index (χ0v) is 13.7. The summed E-state index contributed by atoms with van der Waals surface area (Å²) in [4.78, 5) is 7.08. The summed E-state index contributed by atoms with van der Waals surface area (Å²) in [6.45, 7) is 5.55. The van der Waals surface area contributed by atoms with Crippen molar-refractivity contribution in [1.29, 1.82) is 0 Å². The number of rotatable bonds is 3. The standard InChI is InChI=1S/C15H21N3S.ClH/c1-11-17-14-4-3-12(9-15(14)19-11)10-18-7-5-13(16-2)6-8-18;/h3-4,9,13,16H,5-8,10H2,1-2H3;1H. The number of halogens is 1. The number of hydrogen-bond donors (Lipinski definition) is 1. The number of hydrogen-bond acceptors (Lipinski definition) is 4. The van der Waals surface area contributed by atoms with E-state index in [9.17, 15) is 0 Å². The molecule has 0 spiro atoms. The Bertz CT molecular complexity index is 561. The highest BCUT2D eigenvalue weighted by Gasteiger charge is 2.17. The molecule has 0 aliphatic carbocycles. The minimum absolute atomic E-state index is 0. The lowest BCUT2D eigenvalue weighted by Gasteiger charge is -2.31. The Kier molecular flexibility index (Phi) is 5.38. The minimum atomic E-state index is 0. The molecule has 1 aromatic carbocycles. The van der Waals surface area contributed by atoms with Crippen molar-refractivity contribution in [3.8, 4) is 0 Å². The Morgan fingerprint density at radius 2 is 2.10 bits per heavy atom. The molecular formula is C15H22ClN3S. The van der Waals surface area contributed by atoms with Crippen LogP contribution in [0.2, 0.25) is 0 Å². The summed E-state index contributed by atoms with van der Waals surface area (Å²) >= 11 is 1.79. The first-order valence-electron chi connectivity index (χ1n) is 7.00. The summed E-state index contributed by atoms with van der Waals surface area (Å²) < 4.78 is 1.32. The van der Waals surface area contributed by atoms with Gasteiger partial charge < -0.3 is 5.32 Å². The molecule has 1 aromatic heterocycles. The van der Waals surface area contributed by atoms with Gasteiger partial charge in [0.25, 0.3) is 0 Å². The van der Waals surface area contributed by atoms with E-state index in [0.717, 1.165) is 17.1 Å². The van der Waals surface area contributed by atoms with Crippen molar-refractivity contribution in [3.05, 3.63) is 28.8 Å². The van der Waals surface area contributed by atoms with E-state index < -0.39 is 0 Å². The highest BCUT2D eigenvalue weighted by molar-refractivity contribution is 7.18. The van der Waals surface area contributed by atoms with E-state index in [4.69, 9.17) is 0 Å². The molecule has 1 aliphatic rings. The average Bonchev–Trinajstić information content (AvgIpc) is 2.79. The first-order chi connectivity index (χ1) is 9.24. The average molecular weight is 312 g/mol. The van der Waals surface area contributed by atoms with E-state index in [1.54, 1.807) is 11.3 Å². The van der Waals surface area contributed by atoms with Crippen molar-refractivity contribution < 1.29 is 0 Å². The van der Waals surface area contributed by atoms with Crippen LogP contribution >= 0.6 is 23.7 Å². The summed E-state index contributed by atoms with van der Waals surface area (Å²) in [5.74, 6) is 0. The molecule has 0 bridgehead atoms. The lowest BCUT2D eigenvalue weighted by atomic mass is 10.0. The van der Waals surface area contributed by atoms with Crippen LogP contribution in [0.25, 0.3) is 10.2 Å². The molecule has 3 rings (SSSR count). The van der Waals surface area contributed by atoms with Crippen molar-refractivity contribution in [2.45, 2.75) is 32.4 Å². The number of benzene rings is 1. The highest BCUT2D eigenvalue weighted by atomic mass is 35.5. The molecule has 1 N–H and O–H groups in total. The van der Waals surface area contributed by atoms with Gasteiger partial charge in [-0.3, -0.25) is 4.90 Å². The van der Waals surface area contributed by atoms with Gasteiger partial charge in [-0.05, 0) is 57.6 Å². The fourth-order valence-corrected chi connectivity index (χ4v) is 3.71. The molecule has 1 saturated heterocycles. The monoisotopic (exact) mass is 311 g/mol. The number of nitrogens with zero attached hydrogens (tertiary/aromatic N) is 2. The molecule has 110 valence electrons. The van der Waals surface area contributed by atoms with Crippen molar-refractivity contribution in [2.75, 3.05) is 20.1 Å². The first kappa shape index (κ1) is 15.7. The van der Waals surface area contributed by atoms with Crippen LogP contribution in [0.15, 0.2) is 18.2 Å². The van der Waals surface area contributed by atoms with E-state index in [1.807, 2.05) is 0 Å². The van der Waals surface area contributed by atoms with Crippen molar-refractivity contribution >= 4 is 34.0 Å². The zero-order chi connectivity index (χ0) is 13.2.